The number of hydrogen-bond donors (Lipinski definition) is 2. The van der Waals surface area contributed by atoms with Crippen molar-refractivity contribution < 1.29 is 23.1 Å². The summed E-state index contributed by atoms with van der Waals surface area (Å²) in [5, 5.41) is 12.2. The maximum atomic E-state index is 12.0. The Bertz CT molecular complexity index is 828. The second-order valence-corrected chi connectivity index (χ2v) is 6.58. The highest BCUT2D eigenvalue weighted by molar-refractivity contribution is 7.89. The van der Waals surface area contributed by atoms with Crippen LogP contribution in [0.2, 0.25) is 0 Å². The summed E-state index contributed by atoms with van der Waals surface area (Å²) < 4.78 is 29.1. The van der Waals surface area contributed by atoms with Gasteiger partial charge < -0.3 is 9.84 Å². The van der Waals surface area contributed by atoms with Gasteiger partial charge in [0.05, 0.1) is 11.1 Å². The van der Waals surface area contributed by atoms with Crippen LogP contribution in [0.3, 0.4) is 0 Å². The topological polar surface area (TPSA) is 105 Å². The van der Waals surface area contributed by atoms with Gasteiger partial charge >= 0.3 is 5.97 Å². The van der Waals surface area contributed by atoms with E-state index in [4.69, 9.17) is 9.84 Å². The summed E-state index contributed by atoms with van der Waals surface area (Å²) in [5.41, 5.74) is 1.59. The largest absolute Gasteiger partial charge is 0.482 e. The van der Waals surface area contributed by atoms with Crippen LogP contribution >= 0.6 is 0 Å². The molecule has 2 N–H and O–H groups in total. The van der Waals surface area contributed by atoms with Crippen LogP contribution in [0.15, 0.2) is 58.5 Å². The van der Waals surface area contributed by atoms with Crippen molar-refractivity contribution in [3.8, 4) is 5.75 Å². The SMILES string of the molecule is Cc1ccc(S(=O)(=O)N/N=C/c2ccc(OCC(=O)O)cc2)cc1. The van der Waals surface area contributed by atoms with Gasteiger partial charge in [-0.3, -0.25) is 0 Å². The van der Waals surface area contributed by atoms with E-state index in [9.17, 15) is 13.2 Å². The van der Waals surface area contributed by atoms with Gasteiger partial charge in [-0.1, -0.05) is 17.7 Å². The number of sulfonamides is 1. The zero-order valence-electron chi connectivity index (χ0n) is 12.8. The lowest BCUT2D eigenvalue weighted by molar-refractivity contribution is -0.139. The smallest absolute Gasteiger partial charge is 0.341 e. The van der Waals surface area contributed by atoms with Crippen molar-refractivity contribution in [3.05, 3.63) is 59.7 Å². The zero-order chi connectivity index (χ0) is 17.6. The van der Waals surface area contributed by atoms with Crippen molar-refractivity contribution in [2.75, 3.05) is 6.61 Å². The number of benzene rings is 2. The highest BCUT2D eigenvalue weighted by atomic mass is 32.2. The molecule has 24 heavy (non-hydrogen) atoms. The summed E-state index contributed by atoms with van der Waals surface area (Å²) >= 11 is 0. The Morgan fingerprint density at radius 2 is 1.79 bits per heavy atom. The standard InChI is InChI=1S/C16H16N2O5S/c1-12-2-8-15(9-3-12)24(21,22)18-17-10-13-4-6-14(7-5-13)23-11-16(19)20/h2-10,18H,11H2,1H3,(H,19,20)/b17-10+. The molecule has 0 unspecified atom stereocenters. The highest BCUT2D eigenvalue weighted by Crippen LogP contribution is 2.12. The minimum atomic E-state index is -3.71. The molecule has 2 rings (SSSR count). The van der Waals surface area contributed by atoms with E-state index in [1.165, 1.54) is 18.3 Å². The summed E-state index contributed by atoms with van der Waals surface area (Å²) in [6.07, 6.45) is 1.34. The molecule has 0 radical (unpaired) electrons. The Kier molecular flexibility index (Phi) is 5.54. The Balaban J connectivity index is 1.98. The second kappa shape index (κ2) is 7.60. The molecule has 126 valence electrons. The average Bonchev–Trinajstić information content (AvgIpc) is 2.54. The predicted molar refractivity (Wildman–Crippen MR) is 88.7 cm³/mol. The molecule has 0 bridgehead atoms. The third-order valence-corrected chi connectivity index (χ3v) is 4.20. The van der Waals surface area contributed by atoms with E-state index < -0.39 is 22.6 Å². The molecule has 0 saturated heterocycles. The number of rotatable bonds is 7. The fraction of sp³-hybridized carbons (Fsp3) is 0.125. The summed E-state index contributed by atoms with van der Waals surface area (Å²) in [6.45, 7) is 1.44. The van der Waals surface area contributed by atoms with Crippen molar-refractivity contribution in [3.63, 3.8) is 0 Å². The van der Waals surface area contributed by atoms with Gasteiger partial charge in [-0.25, -0.2) is 9.63 Å². The molecule has 0 aliphatic carbocycles. The van der Waals surface area contributed by atoms with Crippen LogP contribution in [0.25, 0.3) is 0 Å². The predicted octanol–water partition coefficient (Wildman–Crippen LogP) is 1.77. The van der Waals surface area contributed by atoms with E-state index in [-0.39, 0.29) is 4.90 Å². The molecular formula is C16H16N2O5S. The molecule has 8 heteroatoms. The van der Waals surface area contributed by atoms with Gasteiger partial charge in [-0.15, -0.1) is 0 Å². The molecule has 0 atom stereocenters. The summed E-state index contributed by atoms with van der Waals surface area (Å²) in [4.78, 5) is 12.7. The fourth-order valence-electron chi connectivity index (χ4n) is 1.74. The average molecular weight is 348 g/mol. The number of hydrazone groups is 1. The van der Waals surface area contributed by atoms with Crippen molar-refractivity contribution in [2.45, 2.75) is 11.8 Å². The lowest BCUT2D eigenvalue weighted by Gasteiger charge is -2.04. The normalized spacial score (nSPS) is 11.4. The monoisotopic (exact) mass is 348 g/mol. The molecule has 0 spiro atoms. The number of hydrogen-bond acceptors (Lipinski definition) is 5. The summed E-state index contributed by atoms with van der Waals surface area (Å²) in [7, 11) is -3.71. The Labute approximate surface area is 139 Å². The Hall–Kier alpha value is -2.87. The lowest BCUT2D eigenvalue weighted by Crippen LogP contribution is -2.18. The molecule has 0 aromatic heterocycles. The van der Waals surface area contributed by atoms with Gasteiger partial charge in [0.15, 0.2) is 6.61 Å². The Morgan fingerprint density at radius 1 is 1.17 bits per heavy atom. The molecule has 0 fully saturated rings. The number of nitrogens with one attached hydrogen (secondary N) is 1. The van der Waals surface area contributed by atoms with Gasteiger partial charge in [0.1, 0.15) is 5.75 Å². The van der Waals surface area contributed by atoms with Crippen LogP contribution in [0.4, 0.5) is 0 Å². The van der Waals surface area contributed by atoms with Crippen LogP contribution in [0, 0.1) is 6.92 Å². The number of nitrogens with zero attached hydrogens (tertiary/aromatic N) is 1. The van der Waals surface area contributed by atoms with Crippen LogP contribution in [0.5, 0.6) is 5.75 Å². The van der Waals surface area contributed by atoms with E-state index in [0.29, 0.717) is 11.3 Å². The van der Waals surface area contributed by atoms with E-state index in [1.807, 2.05) is 6.92 Å². The minimum Gasteiger partial charge on any atom is -0.482 e. The number of carbonyl (C=O) groups is 1. The summed E-state index contributed by atoms with van der Waals surface area (Å²) in [5.74, 6) is -0.666. The molecule has 0 aliphatic rings. The molecule has 7 nitrogen and oxygen atoms in total. The van der Waals surface area contributed by atoms with Gasteiger partial charge in [-0.05, 0) is 48.9 Å². The maximum Gasteiger partial charge on any atom is 0.341 e. The third kappa shape index (κ3) is 5.10. The van der Waals surface area contributed by atoms with Crippen molar-refractivity contribution in [2.24, 2.45) is 5.10 Å². The molecule has 0 saturated carbocycles. The Morgan fingerprint density at radius 3 is 2.38 bits per heavy atom. The van der Waals surface area contributed by atoms with E-state index in [1.54, 1.807) is 36.4 Å². The highest BCUT2D eigenvalue weighted by Gasteiger charge is 2.11. The molecule has 2 aromatic rings. The van der Waals surface area contributed by atoms with Crippen molar-refractivity contribution >= 4 is 22.2 Å². The van der Waals surface area contributed by atoms with Crippen LogP contribution in [-0.2, 0) is 14.8 Å². The van der Waals surface area contributed by atoms with E-state index in [2.05, 4.69) is 9.93 Å². The first-order chi connectivity index (χ1) is 11.4. The number of ether oxygens (including phenoxy) is 1. The first kappa shape index (κ1) is 17.5. The number of carboxylic acid groups (broad SMARTS) is 1. The van der Waals surface area contributed by atoms with E-state index >= 15 is 0 Å². The maximum absolute atomic E-state index is 12.0. The molecule has 2 aromatic carbocycles. The molecule has 0 amide bonds. The third-order valence-electron chi connectivity index (χ3n) is 2.96. The van der Waals surface area contributed by atoms with Gasteiger partial charge in [0, 0.05) is 0 Å². The van der Waals surface area contributed by atoms with Crippen LogP contribution < -0.4 is 9.57 Å². The van der Waals surface area contributed by atoms with Crippen LogP contribution in [-0.4, -0.2) is 32.3 Å². The first-order valence-corrected chi connectivity index (χ1v) is 8.41. The van der Waals surface area contributed by atoms with Gasteiger partial charge in [0.25, 0.3) is 10.0 Å². The van der Waals surface area contributed by atoms with Gasteiger partial charge in [0.2, 0.25) is 0 Å². The second-order valence-electron chi connectivity index (χ2n) is 4.92. The number of aliphatic carboxylic acids is 1. The molecule has 0 heterocycles. The molecule has 0 aliphatic heterocycles. The zero-order valence-corrected chi connectivity index (χ0v) is 13.7. The van der Waals surface area contributed by atoms with Crippen LogP contribution in [0.1, 0.15) is 11.1 Å². The summed E-state index contributed by atoms with van der Waals surface area (Å²) in [6, 6.07) is 12.8. The lowest BCUT2D eigenvalue weighted by atomic mass is 10.2. The number of aryl methyl sites for hydroxylation is 1. The first-order valence-electron chi connectivity index (χ1n) is 6.93. The quantitative estimate of drug-likeness (QED) is 0.586. The van der Waals surface area contributed by atoms with Crippen molar-refractivity contribution in [1.82, 2.24) is 4.83 Å². The van der Waals surface area contributed by atoms with Crippen molar-refractivity contribution in [1.29, 1.82) is 0 Å². The number of carboxylic acids is 1. The minimum absolute atomic E-state index is 0.127. The fourth-order valence-corrected chi connectivity index (χ4v) is 2.53. The van der Waals surface area contributed by atoms with E-state index in [0.717, 1.165) is 5.56 Å². The molecular weight excluding hydrogens is 332 g/mol. The van der Waals surface area contributed by atoms with Gasteiger partial charge in [-0.2, -0.15) is 13.5 Å².